The number of nitrogens with zero attached hydrogens (tertiary/aromatic N) is 1. The van der Waals surface area contributed by atoms with Crippen molar-refractivity contribution in [1.82, 2.24) is 0 Å². The van der Waals surface area contributed by atoms with Crippen LogP contribution in [0.3, 0.4) is 0 Å². The van der Waals surface area contributed by atoms with Crippen LogP contribution in [0.15, 0.2) is 35.2 Å². The molecule has 0 heterocycles. The van der Waals surface area contributed by atoms with Crippen LogP contribution in [0.2, 0.25) is 0 Å². The van der Waals surface area contributed by atoms with Crippen LogP contribution in [0.25, 0.3) is 0 Å². The summed E-state index contributed by atoms with van der Waals surface area (Å²) in [5.74, 6) is 0.282. The Bertz CT molecular complexity index is 764. The molecule has 23 heavy (non-hydrogen) atoms. The highest BCUT2D eigenvalue weighted by molar-refractivity contribution is 8.00. The minimum Gasteiger partial charge on any atom is -0.325 e. The summed E-state index contributed by atoms with van der Waals surface area (Å²) in [6.45, 7) is 8.38. The first kappa shape index (κ1) is 17.1. The minimum atomic E-state index is -0.0666. The van der Waals surface area contributed by atoms with Gasteiger partial charge in [0.25, 0.3) is 0 Å². The van der Waals surface area contributed by atoms with E-state index in [2.05, 4.69) is 45.1 Å². The van der Waals surface area contributed by atoms with E-state index in [1.807, 2.05) is 0 Å². The molecule has 2 rings (SSSR count). The fourth-order valence-electron chi connectivity index (χ4n) is 2.40. The number of carbonyl (C=O) groups is 1. The number of carbonyl (C=O) groups excluding carboxylic acids is 1. The topological polar surface area (TPSA) is 52.9 Å². The van der Waals surface area contributed by atoms with Crippen LogP contribution in [0.4, 0.5) is 5.69 Å². The van der Waals surface area contributed by atoms with Crippen LogP contribution in [0.1, 0.15) is 27.8 Å². The number of hydrogen-bond acceptors (Lipinski definition) is 3. The third-order valence-corrected chi connectivity index (χ3v) is 5.23. The monoisotopic (exact) mass is 324 g/mol. The number of anilines is 1. The van der Waals surface area contributed by atoms with E-state index in [9.17, 15) is 4.79 Å². The van der Waals surface area contributed by atoms with E-state index in [0.29, 0.717) is 17.0 Å². The molecule has 1 amide bonds. The molecule has 0 saturated heterocycles. The molecule has 0 aliphatic rings. The molecule has 118 valence electrons. The van der Waals surface area contributed by atoms with Gasteiger partial charge in [0.2, 0.25) is 5.91 Å². The third kappa shape index (κ3) is 4.14. The molecule has 2 aromatic rings. The van der Waals surface area contributed by atoms with E-state index < -0.39 is 0 Å². The van der Waals surface area contributed by atoms with Gasteiger partial charge in [0.05, 0.1) is 17.4 Å². The molecule has 0 spiro atoms. The van der Waals surface area contributed by atoms with E-state index in [1.54, 1.807) is 36.0 Å². The predicted octanol–water partition coefficient (Wildman–Crippen LogP) is 4.52. The normalized spacial score (nSPS) is 10.2. The van der Waals surface area contributed by atoms with Gasteiger partial charge >= 0.3 is 0 Å². The van der Waals surface area contributed by atoms with Gasteiger partial charge in [0.15, 0.2) is 0 Å². The van der Waals surface area contributed by atoms with E-state index in [0.717, 1.165) is 0 Å². The quantitative estimate of drug-likeness (QED) is 0.841. The van der Waals surface area contributed by atoms with Crippen molar-refractivity contribution >= 4 is 23.4 Å². The van der Waals surface area contributed by atoms with Crippen molar-refractivity contribution in [3.63, 3.8) is 0 Å². The minimum absolute atomic E-state index is 0.0666. The van der Waals surface area contributed by atoms with Crippen LogP contribution < -0.4 is 5.32 Å². The molecule has 0 aliphatic heterocycles. The average Bonchev–Trinajstić information content (AvgIpc) is 2.53. The van der Waals surface area contributed by atoms with Gasteiger partial charge in [0, 0.05) is 10.6 Å². The standard InChI is InChI=1S/C19H20N2OS/c1-12-8-13(2)15(4)19(14(12)3)23-11-18(22)21-17-7-5-6-16(9-17)10-20/h5-9H,11H2,1-4H3,(H,21,22). The first-order valence-corrected chi connectivity index (χ1v) is 8.41. The van der Waals surface area contributed by atoms with Gasteiger partial charge in [0.1, 0.15) is 0 Å². The summed E-state index contributed by atoms with van der Waals surface area (Å²) in [5, 5.41) is 11.7. The van der Waals surface area contributed by atoms with Crippen molar-refractivity contribution in [2.45, 2.75) is 32.6 Å². The number of hydrogen-bond donors (Lipinski definition) is 1. The maximum absolute atomic E-state index is 12.2. The van der Waals surface area contributed by atoms with Crippen molar-refractivity contribution in [2.75, 3.05) is 11.1 Å². The Balaban J connectivity index is 2.07. The second-order valence-corrected chi connectivity index (χ2v) is 6.60. The van der Waals surface area contributed by atoms with E-state index in [1.165, 1.54) is 27.1 Å². The number of nitrogens with one attached hydrogen (secondary N) is 1. The molecule has 0 unspecified atom stereocenters. The molecule has 0 aliphatic carbocycles. The molecule has 0 bridgehead atoms. The molecule has 1 N–H and O–H groups in total. The Morgan fingerprint density at radius 3 is 2.39 bits per heavy atom. The van der Waals surface area contributed by atoms with Crippen LogP contribution in [0.5, 0.6) is 0 Å². The zero-order valence-corrected chi connectivity index (χ0v) is 14.7. The van der Waals surface area contributed by atoms with Gasteiger partial charge in [-0.05, 0) is 68.1 Å². The van der Waals surface area contributed by atoms with Gasteiger partial charge in [-0.25, -0.2) is 0 Å². The summed E-state index contributed by atoms with van der Waals surface area (Å²) in [6, 6.07) is 11.2. The Hall–Kier alpha value is -2.25. The summed E-state index contributed by atoms with van der Waals surface area (Å²) in [7, 11) is 0. The van der Waals surface area contributed by atoms with Crippen LogP contribution in [-0.2, 0) is 4.79 Å². The first-order chi connectivity index (χ1) is 10.9. The van der Waals surface area contributed by atoms with Crippen LogP contribution >= 0.6 is 11.8 Å². The zero-order valence-electron chi connectivity index (χ0n) is 13.9. The largest absolute Gasteiger partial charge is 0.325 e. The lowest BCUT2D eigenvalue weighted by molar-refractivity contribution is -0.113. The number of aryl methyl sites for hydroxylation is 2. The highest BCUT2D eigenvalue weighted by Crippen LogP contribution is 2.30. The molecular weight excluding hydrogens is 304 g/mol. The first-order valence-electron chi connectivity index (χ1n) is 7.42. The van der Waals surface area contributed by atoms with Gasteiger partial charge in [-0.2, -0.15) is 5.26 Å². The fourth-order valence-corrected chi connectivity index (χ4v) is 3.50. The number of thioether (sulfide) groups is 1. The number of benzene rings is 2. The summed E-state index contributed by atoms with van der Waals surface area (Å²) in [6.07, 6.45) is 0. The number of amides is 1. The zero-order chi connectivity index (χ0) is 17.0. The van der Waals surface area contributed by atoms with E-state index in [-0.39, 0.29) is 5.91 Å². The van der Waals surface area contributed by atoms with Crippen molar-refractivity contribution in [1.29, 1.82) is 5.26 Å². The molecule has 0 fully saturated rings. The molecule has 0 atom stereocenters. The maximum Gasteiger partial charge on any atom is 0.234 e. The molecule has 2 aromatic carbocycles. The van der Waals surface area contributed by atoms with Crippen molar-refractivity contribution in [3.05, 3.63) is 58.1 Å². The lowest BCUT2D eigenvalue weighted by atomic mass is 10.0. The third-order valence-electron chi connectivity index (χ3n) is 3.92. The van der Waals surface area contributed by atoms with Gasteiger partial charge < -0.3 is 5.32 Å². The maximum atomic E-state index is 12.2. The Kier molecular flexibility index (Phi) is 5.46. The number of rotatable bonds is 4. The summed E-state index contributed by atoms with van der Waals surface area (Å²) < 4.78 is 0. The van der Waals surface area contributed by atoms with Crippen molar-refractivity contribution < 1.29 is 4.79 Å². The number of nitriles is 1. The molecule has 3 nitrogen and oxygen atoms in total. The molecule has 0 aromatic heterocycles. The van der Waals surface area contributed by atoms with Crippen LogP contribution in [0, 0.1) is 39.0 Å². The predicted molar refractivity (Wildman–Crippen MR) is 95.9 cm³/mol. The lowest BCUT2D eigenvalue weighted by Gasteiger charge is -2.14. The second kappa shape index (κ2) is 7.34. The van der Waals surface area contributed by atoms with Crippen molar-refractivity contribution in [2.24, 2.45) is 0 Å². The smallest absolute Gasteiger partial charge is 0.234 e. The van der Waals surface area contributed by atoms with E-state index in [4.69, 9.17) is 5.26 Å². The fraction of sp³-hybridized carbons (Fsp3) is 0.263. The Morgan fingerprint density at radius 1 is 1.13 bits per heavy atom. The molecule has 0 radical (unpaired) electrons. The molecular formula is C19H20N2OS. The Morgan fingerprint density at radius 2 is 1.78 bits per heavy atom. The van der Waals surface area contributed by atoms with Gasteiger partial charge in [-0.1, -0.05) is 12.1 Å². The SMILES string of the molecule is Cc1cc(C)c(C)c(SCC(=O)Nc2cccc(C#N)c2)c1C. The highest BCUT2D eigenvalue weighted by Gasteiger charge is 2.11. The average molecular weight is 324 g/mol. The summed E-state index contributed by atoms with van der Waals surface area (Å²) in [5.41, 5.74) is 6.16. The summed E-state index contributed by atoms with van der Waals surface area (Å²) >= 11 is 1.56. The van der Waals surface area contributed by atoms with Gasteiger partial charge in [-0.3, -0.25) is 4.79 Å². The van der Waals surface area contributed by atoms with Crippen LogP contribution in [-0.4, -0.2) is 11.7 Å². The lowest BCUT2D eigenvalue weighted by Crippen LogP contribution is -2.14. The van der Waals surface area contributed by atoms with E-state index >= 15 is 0 Å². The Labute approximate surface area is 141 Å². The van der Waals surface area contributed by atoms with Crippen molar-refractivity contribution in [3.8, 4) is 6.07 Å². The molecule has 4 heteroatoms. The molecule has 0 saturated carbocycles. The highest BCUT2D eigenvalue weighted by atomic mass is 32.2. The second-order valence-electron chi connectivity index (χ2n) is 5.62. The van der Waals surface area contributed by atoms with Gasteiger partial charge in [-0.15, -0.1) is 11.8 Å². The summed E-state index contributed by atoms with van der Waals surface area (Å²) in [4.78, 5) is 13.3.